The molecule has 1 aromatic carbocycles. The number of methoxy groups -OCH3 is 1. The fraction of sp³-hybridized carbons (Fsp3) is 0.571. The van der Waals surface area contributed by atoms with Crippen LogP contribution in [0.2, 0.25) is 0 Å². The second-order valence-corrected chi connectivity index (χ2v) is 5.00. The molecule has 0 aliphatic carbocycles. The van der Waals surface area contributed by atoms with Gasteiger partial charge in [-0.15, -0.1) is 0 Å². The molecule has 2 heteroatoms. The molecule has 0 fully saturated rings. The average Bonchev–Trinajstić information content (AvgIpc) is 2.21. The van der Waals surface area contributed by atoms with Crippen molar-refractivity contribution in [3.63, 3.8) is 0 Å². The molecule has 0 aromatic heterocycles. The Morgan fingerprint density at radius 2 is 1.94 bits per heavy atom. The minimum absolute atomic E-state index is 0.0986. The molecule has 0 unspecified atom stereocenters. The Balaban J connectivity index is 2.49. The summed E-state index contributed by atoms with van der Waals surface area (Å²) in [4.78, 5) is 0. The Morgan fingerprint density at radius 1 is 1.25 bits per heavy atom. The Hall–Kier alpha value is -0.860. The minimum atomic E-state index is -0.0986. The van der Waals surface area contributed by atoms with E-state index >= 15 is 0 Å². The van der Waals surface area contributed by atoms with Gasteiger partial charge >= 0.3 is 0 Å². The molecule has 0 radical (unpaired) electrons. The quantitative estimate of drug-likeness (QED) is 0.825. The summed E-state index contributed by atoms with van der Waals surface area (Å²) in [6, 6.07) is 6.57. The average molecular weight is 221 g/mol. The number of hydrogen-bond donors (Lipinski definition) is 1. The van der Waals surface area contributed by atoms with E-state index in [0.717, 1.165) is 13.1 Å². The molecule has 0 saturated heterocycles. The van der Waals surface area contributed by atoms with Gasteiger partial charge in [-0.1, -0.05) is 23.8 Å². The van der Waals surface area contributed by atoms with Crippen LogP contribution in [0.1, 0.15) is 30.5 Å². The fourth-order valence-corrected chi connectivity index (χ4v) is 1.61. The lowest BCUT2D eigenvalue weighted by Crippen LogP contribution is -2.36. The van der Waals surface area contributed by atoms with Crippen molar-refractivity contribution in [2.45, 2.75) is 39.8 Å². The first-order valence-corrected chi connectivity index (χ1v) is 5.76. The molecule has 2 nitrogen and oxygen atoms in total. The van der Waals surface area contributed by atoms with Crippen molar-refractivity contribution in [1.29, 1.82) is 0 Å². The predicted octanol–water partition coefficient (Wildman–Crippen LogP) is 2.82. The molecule has 0 heterocycles. The van der Waals surface area contributed by atoms with Crippen LogP contribution in [-0.2, 0) is 11.3 Å². The standard InChI is InChI=1S/C14H23NO/c1-11-6-7-13(12(2)8-11)9-15-10-14(3,4)16-5/h6-8,15H,9-10H2,1-5H3. The van der Waals surface area contributed by atoms with Gasteiger partial charge in [0.2, 0.25) is 0 Å². The van der Waals surface area contributed by atoms with Crippen molar-refractivity contribution in [2.24, 2.45) is 0 Å². The molecule has 0 aliphatic rings. The minimum Gasteiger partial charge on any atom is -0.377 e. The Labute approximate surface area is 99.0 Å². The molecule has 0 aliphatic heterocycles. The van der Waals surface area contributed by atoms with Crippen LogP contribution in [0.15, 0.2) is 18.2 Å². The van der Waals surface area contributed by atoms with Gasteiger partial charge in [-0.05, 0) is 38.8 Å². The highest BCUT2D eigenvalue weighted by molar-refractivity contribution is 5.30. The molecule has 0 amide bonds. The van der Waals surface area contributed by atoms with Crippen molar-refractivity contribution in [3.8, 4) is 0 Å². The summed E-state index contributed by atoms with van der Waals surface area (Å²) in [5.41, 5.74) is 3.93. The van der Waals surface area contributed by atoms with Gasteiger partial charge in [-0.25, -0.2) is 0 Å². The smallest absolute Gasteiger partial charge is 0.0746 e. The van der Waals surface area contributed by atoms with E-state index in [4.69, 9.17) is 4.74 Å². The van der Waals surface area contributed by atoms with Crippen LogP contribution in [0.25, 0.3) is 0 Å². The van der Waals surface area contributed by atoms with Gasteiger partial charge in [-0.2, -0.15) is 0 Å². The van der Waals surface area contributed by atoms with Gasteiger partial charge in [0, 0.05) is 20.2 Å². The second kappa shape index (κ2) is 5.46. The number of aryl methyl sites for hydroxylation is 2. The summed E-state index contributed by atoms with van der Waals surface area (Å²) in [7, 11) is 1.75. The largest absolute Gasteiger partial charge is 0.377 e. The number of benzene rings is 1. The van der Waals surface area contributed by atoms with Gasteiger partial charge in [0.05, 0.1) is 5.60 Å². The van der Waals surface area contributed by atoms with Crippen molar-refractivity contribution in [1.82, 2.24) is 5.32 Å². The highest BCUT2D eigenvalue weighted by atomic mass is 16.5. The Morgan fingerprint density at radius 3 is 2.50 bits per heavy atom. The van der Waals surface area contributed by atoms with E-state index in [1.54, 1.807) is 7.11 Å². The molecule has 16 heavy (non-hydrogen) atoms. The molecular weight excluding hydrogens is 198 g/mol. The van der Waals surface area contributed by atoms with E-state index in [-0.39, 0.29) is 5.60 Å². The van der Waals surface area contributed by atoms with Crippen LogP contribution in [-0.4, -0.2) is 19.3 Å². The number of ether oxygens (including phenoxy) is 1. The van der Waals surface area contributed by atoms with E-state index in [0.29, 0.717) is 0 Å². The first-order chi connectivity index (χ1) is 7.44. The summed E-state index contributed by atoms with van der Waals surface area (Å²) in [6.45, 7) is 10.2. The van der Waals surface area contributed by atoms with Gasteiger partial charge < -0.3 is 10.1 Å². The molecule has 0 spiro atoms. The third-order valence-corrected chi connectivity index (χ3v) is 2.92. The highest BCUT2D eigenvalue weighted by Gasteiger charge is 2.15. The predicted molar refractivity (Wildman–Crippen MR) is 68.7 cm³/mol. The third-order valence-electron chi connectivity index (χ3n) is 2.92. The van der Waals surface area contributed by atoms with Gasteiger partial charge in [0.15, 0.2) is 0 Å². The van der Waals surface area contributed by atoms with E-state index in [2.05, 4.69) is 51.2 Å². The Bertz CT molecular complexity index is 345. The van der Waals surface area contributed by atoms with Crippen LogP contribution in [0, 0.1) is 13.8 Å². The number of nitrogens with one attached hydrogen (secondary N) is 1. The zero-order valence-corrected chi connectivity index (χ0v) is 11.1. The first-order valence-electron chi connectivity index (χ1n) is 5.76. The summed E-state index contributed by atoms with van der Waals surface area (Å²) in [5, 5.41) is 3.43. The molecule has 0 saturated carbocycles. The maximum atomic E-state index is 5.36. The molecule has 1 N–H and O–H groups in total. The normalized spacial score (nSPS) is 11.8. The zero-order valence-electron chi connectivity index (χ0n) is 11.1. The lowest BCUT2D eigenvalue weighted by atomic mass is 10.1. The van der Waals surface area contributed by atoms with Crippen LogP contribution in [0.3, 0.4) is 0 Å². The highest BCUT2D eigenvalue weighted by Crippen LogP contribution is 2.11. The summed E-state index contributed by atoms with van der Waals surface area (Å²) < 4.78 is 5.36. The molecule has 1 rings (SSSR count). The van der Waals surface area contributed by atoms with E-state index < -0.39 is 0 Å². The van der Waals surface area contributed by atoms with E-state index in [1.807, 2.05) is 0 Å². The fourth-order valence-electron chi connectivity index (χ4n) is 1.61. The lowest BCUT2D eigenvalue weighted by Gasteiger charge is -2.23. The van der Waals surface area contributed by atoms with Crippen molar-refractivity contribution >= 4 is 0 Å². The van der Waals surface area contributed by atoms with Crippen LogP contribution >= 0.6 is 0 Å². The van der Waals surface area contributed by atoms with Crippen LogP contribution in [0.5, 0.6) is 0 Å². The maximum Gasteiger partial charge on any atom is 0.0746 e. The number of rotatable bonds is 5. The van der Waals surface area contributed by atoms with E-state index in [1.165, 1.54) is 16.7 Å². The van der Waals surface area contributed by atoms with Gasteiger partial charge in [0.25, 0.3) is 0 Å². The maximum absolute atomic E-state index is 5.36. The number of hydrogen-bond acceptors (Lipinski definition) is 2. The molecular formula is C14H23NO. The van der Waals surface area contributed by atoms with Crippen molar-refractivity contribution < 1.29 is 4.74 Å². The molecule has 0 bridgehead atoms. The summed E-state index contributed by atoms with van der Waals surface area (Å²) >= 11 is 0. The Kier molecular flexibility index (Phi) is 4.51. The van der Waals surface area contributed by atoms with Crippen molar-refractivity contribution in [3.05, 3.63) is 34.9 Å². The van der Waals surface area contributed by atoms with Crippen molar-refractivity contribution in [2.75, 3.05) is 13.7 Å². The molecule has 90 valence electrons. The monoisotopic (exact) mass is 221 g/mol. The second-order valence-electron chi connectivity index (χ2n) is 5.00. The van der Waals surface area contributed by atoms with Gasteiger partial charge in [0.1, 0.15) is 0 Å². The van der Waals surface area contributed by atoms with Gasteiger partial charge in [-0.3, -0.25) is 0 Å². The summed E-state index contributed by atoms with van der Waals surface area (Å²) in [6.07, 6.45) is 0. The SMILES string of the molecule is COC(C)(C)CNCc1ccc(C)cc1C. The molecule has 0 atom stereocenters. The summed E-state index contributed by atoms with van der Waals surface area (Å²) in [5.74, 6) is 0. The zero-order chi connectivity index (χ0) is 12.2. The molecule has 1 aromatic rings. The topological polar surface area (TPSA) is 21.3 Å². The third kappa shape index (κ3) is 3.95. The van der Waals surface area contributed by atoms with Crippen LogP contribution < -0.4 is 5.32 Å². The first kappa shape index (κ1) is 13.2. The van der Waals surface area contributed by atoms with Crippen LogP contribution in [0.4, 0.5) is 0 Å². The van der Waals surface area contributed by atoms with E-state index in [9.17, 15) is 0 Å². The lowest BCUT2D eigenvalue weighted by molar-refractivity contribution is 0.0230.